The number of aromatic nitrogens is 2. The Kier molecular flexibility index (Phi) is 6.14. The standard InChI is InChI=1S/C13H23N5O2/c1-5-10(6-2)8-17(7-3)13-11(18(19)20)12(14-4)15-9-16-13/h9-10H,5-8H2,1-4H3,(H,14,15,16). The monoisotopic (exact) mass is 281 g/mol. The minimum Gasteiger partial charge on any atom is -0.367 e. The highest BCUT2D eigenvalue weighted by Crippen LogP contribution is 2.32. The van der Waals surface area contributed by atoms with E-state index in [-0.39, 0.29) is 11.5 Å². The molecule has 0 bridgehead atoms. The second-order valence-electron chi connectivity index (χ2n) is 4.62. The maximum atomic E-state index is 11.3. The van der Waals surface area contributed by atoms with Crippen LogP contribution in [0.1, 0.15) is 33.6 Å². The van der Waals surface area contributed by atoms with Crippen molar-refractivity contribution in [1.29, 1.82) is 0 Å². The van der Waals surface area contributed by atoms with Crippen molar-refractivity contribution < 1.29 is 4.92 Å². The molecule has 1 aromatic rings. The van der Waals surface area contributed by atoms with Gasteiger partial charge in [-0.05, 0) is 12.8 Å². The van der Waals surface area contributed by atoms with Crippen molar-refractivity contribution >= 4 is 17.3 Å². The zero-order valence-electron chi connectivity index (χ0n) is 12.6. The summed E-state index contributed by atoms with van der Waals surface area (Å²) in [4.78, 5) is 20.9. The molecule has 0 saturated heterocycles. The summed E-state index contributed by atoms with van der Waals surface area (Å²) in [6.07, 6.45) is 3.46. The van der Waals surface area contributed by atoms with Crippen LogP contribution >= 0.6 is 0 Å². The third kappa shape index (κ3) is 3.55. The predicted molar refractivity (Wildman–Crippen MR) is 80.2 cm³/mol. The quantitative estimate of drug-likeness (QED) is 0.582. The largest absolute Gasteiger partial charge is 0.367 e. The summed E-state index contributed by atoms with van der Waals surface area (Å²) in [5.41, 5.74) is -0.0530. The van der Waals surface area contributed by atoms with Gasteiger partial charge in [-0.1, -0.05) is 26.7 Å². The number of rotatable bonds is 8. The molecule has 0 fully saturated rings. The molecule has 0 atom stereocenters. The van der Waals surface area contributed by atoms with Crippen LogP contribution in [0.15, 0.2) is 6.33 Å². The molecule has 0 aliphatic carbocycles. The Hall–Kier alpha value is -1.92. The molecule has 0 aliphatic rings. The average molecular weight is 281 g/mol. The molecule has 0 saturated carbocycles. The molecule has 0 radical (unpaired) electrons. The Morgan fingerprint density at radius 2 is 2.00 bits per heavy atom. The summed E-state index contributed by atoms with van der Waals surface area (Å²) in [7, 11) is 1.62. The molecule has 0 unspecified atom stereocenters. The van der Waals surface area contributed by atoms with Crippen LogP contribution in [0, 0.1) is 16.0 Å². The number of hydrogen-bond donors (Lipinski definition) is 1. The van der Waals surface area contributed by atoms with Crippen LogP contribution in [-0.4, -0.2) is 35.0 Å². The zero-order chi connectivity index (χ0) is 15.1. The van der Waals surface area contributed by atoms with E-state index in [1.165, 1.54) is 6.33 Å². The molecule has 0 aromatic carbocycles. The first-order chi connectivity index (χ1) is 9.58. The molecular weight excluding hydrogens is 258 g/mol. The van der Waals surface area contributed by atoms with Gasteiger partial charge in [-0.2, -0.15) is 0 Å². The lowest BCUT2D eigenvalue weighted by molar-refractivity contribution is -0.383. The van der Waals surface area contributed by atoms with E-state index in [0.717, 1.165) is 19.4 Å². The summed E-state index contributed by atoms with van der Waals surface area (Å²) in [5, 5.41) is 14.1. The van der Waals surface area contributed by atoms with E-state index in [4.69, 9.17) is 0 Å². The topological polar surface area (TPSA) is 84.2 Å². The summed E-state index contributed by atoms with van der Waals surface area (Å²) in [6, 6.07) is 0. The molecule has 1 rings (SSSR count). The van der Waals surface area contributed by atoms with Crippen LogP contribution in [0.3, 0.4) is 0 Å². The Morgan fingerprint density at radius 3 is 2.45 bits per heavy atom. The van der Waals surface area contributed by atoms with Crippen molar-refractivity contribution in [2.24, 2.45) is 5.92 Å². The van der Waals surface area contributed by atoms with Gasteiger partial charge in [0.05, 0.1) is 4.92 Å². The second kappa shape index (κ2) is 7.62. The van der Waals surface area contributed by atoms with Crippen molar-refractivity contribution in [2.75, 3.05) is 30.4 Å². The first kappa shape index (κ1) is 16.1. The highest BCUT2D eigenvalue weighted by atomic mass is 16.6. The third-order valence-corrected chi connectivity index (χ3v) is 3.54. The van der Waals surface area contributed by atoms with E-state index in [2.05, 4.69) is 29.1 Å². The van der Waals surface area contributed by atoms with Gasteiger partial charge < -0.3 is 10.2 Å². The fourth-order valence-electron chi connectivity index (χ4n) is 2.18. The van der Waals surface area contributed by atoms with Gasteiger partial charge in [0.15, 0.2) is 0 Å². The number of anilines is 2. The van der Waals surface area contributed by atoms with Crippen molar-refractivity contribution in [1.82, 2.24) is 9.97 Å². The van der Waals surface area contributed by atoms with Gasteiger partial charge in [-0.3, -0.25) is 10.1 Å². The fourth-order valence-corrected chi connectivity index (χ4v) is 2.18. The van der Waals surface area contributed by atoms with Crippen LogP contribution < -0.4 is 10.2 Å². The van der Waals surface area contributed by atoms with Crippen LogP contribution in [0.5, 0.6) is 0 Å². The fraction of sp³-hybridized carbons (Fsp3) is 0.692. The zero-order valence-corrected chi connectivity index (χ0v) is 12.6. The Bertz CT molecular complexity index is 448. The van der Waals surface area contributed by atoms with Crippen LogP contribution in [0.4, 0.5) is 17.3 Å². The van der Waals surface area contributed by atoms with Gasteiger partial charge in [0, 0.05) is 20.1 Å². The highest BCUT2D eigenvalue weighted by Gasteiger charge is 2.26. The Balaban J connectivity index is 3.17. The maximum Gasteiger partial charge on any atom is 0.353 e. The van der Waals surface area contributed by atoms with E-state index < -0.39 is 4.92 Å². The van der Waals surface area contributed by atoms with Gasteiger partial charge >= 0.3 is 5.69 Å². The van der Waals surface area contributed by atoms with E-state index in [9.17, 15) is 10.1 Å². The van der Waals surface area contributed by atoms with Gasteiger partial charge in [-0.25, -0.2) is 9.97 Å². The van der Waals surface area contributed by atoms with Gasteiger partial charge in [-0.15, -0.1) is 0 Å². The summed E-state index contributed by atoms with van der Waals surface area (Å²) in [5.74, 6) is 1.15. The number of nitrogens with zero attached hydrogens (tertiary/aromatic N) is 4. The molecule has 112 valence electrons. The molecule has 0 amide bonds. The molecule has 1 heterocycles. The van der Waals surface area contributed by atoms with Gasteiger partial charge in [0.2, 0.25) is 11.6 Å². The second-order valence-corrected chi connectivity index (χ2v) is 4.62. The Labute approximate surface area is 119 Å². The number of nitro groups is 1. The van der Waals surface area contributed by atoms with E-state index in [1.807, 2.05) is 11.8 Å². The maximum absolute atomic E-state index is 11.3. The summed E-state index contributed by atoms with van der Waals surface area (Å²) in [6.45, 7) is 7.69. The molecule has 7 heteroatoms. The third-order valence-electron chi connectivity index (χ3n) is 3.54. The van der Waals surface area contributed by atoms with Gasteiger partial charge in [0.25, 0.3) is 0 Å². The Morgan fingerprint density at radius 1 is 1.35 bits per heavy atom. The summed E-state index contributed by atoms with van der Waals surface area (Å²) >= 11 is 0. The smallest absolute Gasteiger partial charge is 0.353 e. The van der Waals surface area contributed by atoms with Crippen LogP contribution in [0.25, 0.3) is 0 Å². The van der Waals surface area contributed by atoms with E-state index in [1.54, 1.807) is 7.05 Å². The molecule has 1 N–H and O–H groups in total. The van der Waals surface area contributed by atoms with Crippen LogP contribution in [0.2, 0.25) is 0 Å². The SMILES string of the molecule is CCC(CC)CN(CC)c1ncnc(NC)c1[N+](=O)[O-]. The minimum atomic E-state index is -0.420. The molecule has 1 aromatic heterocycles. The first-order valence-corrected chi connectivity index (χ1v) is 7.00. The highest BCUT2D eigenvalue weighted by molar-refractivity contribution is 5.70. The lowest BCUT2D eigenvalue weighted by Gasteiger charge is -2.26. The lowest BCUT2D eigenvalue weighted by Crippen LogP contribution is -2.30. The van der Waals surface area contributed by atoms with Crippen LogP contribution in [-0.2, 0) is 0 Å². The molecule has 0 spiro atoms. The molecule has 7 nitrogen and oxygen atoms in total. The number of hydrogen-bond acceptors (Lipinski definition) is 6. The van der Waals surface area contributed by atoms with Crippen molar-refractivity contribution in [3.63, 3.8) is 0 Å². The van der Waals surface area contributed by atoms with Crippen molar-refractivity contribution in [3.8, 4) is 0 Å². The predicted octanol–water partition coefficient (Wildman–Crippen LogP) is 2.69. The van der Waals surface area contributed by atoms with Crippen molar-refractivity contribution in [3.05, 3.63) is 16.4 Å². The normalized spacial score (nSPS) is 10.7. The molecule has 0 aliphatic heterocycles. The van der Waals surface area contributed by atoms with E-state index >= 15 is 0 Å². The molecule has 20 heavy (non-hydrogen) atoms. The summed E-state index contributed by atoms with van der Waals surface area (Å²) < 4.78 is 0. The van der Waals surface area contributed by atoms with Gasteiger partial charge in [0.1, 0.15) is 6.33 Å². The van der Waals surface area contributed by atoms with E-state index in [0.29, 0.717) is 18.3 Å². The average Bonchev–Trinajstić information content (AvgIpc) is 2.47. The lowest BCUT2D eigenvalue weighted by atomic mass is 10.0. The molecular formula is C13H23N5O2. The minimum absolute atomic E-state index is 0.0530. The number of nitrogens with one attached hydrogen (secondary N) is 1. The first-order valence-electron chi connectivity index (χ1n) is 7.00. The van der Waals surface area contributed by atoms with Crippen molar-refractivity contribution in [2.45, 2.75) is 33.6 Å².